The summed E-state index contributed by atoms with van der Waals surface area (Å²) in [7, 11) is 0. The standard InChI is InChI=1S/C26H23I/c1-3-10-19(11-4-2)26(20-12-6-5-7-13-20)24-15-9-8-14-22(24)23-17-16-21(27)18-25(23)26/h3,5-18H,4H2,1-2H3/b10-3-,19-11+. The number of rotatable bonds is 4. The minimum atomic E-state index is -0.267. The van der Waals surface area contributed by atoms with Gasteiger partial charge in [0.2, 0.25) is 0 Å². The predicted molar refractivity (Wildman–Crippen MR) is 124 cm³/mol. The molecule has 3 aromatic carbocycles. The Balaban J connectivity index is 2.20. The van der Waals surface area contributed by atoms with Crippen LogP contribution in [0.2, 0.25) is 0 Å². The highest BCUT2D eigenvalue weighted by molar-refractivity contribution is 14.1. The molecule has 1 atom stereocenters. The summed E-state index contributed by atoms with van der Waals surface area (Å²) in [5.41, 5.74) is 7.88. The molecule has 27 heavy (non-hydrogen) atoms. The molecule has 4 rings (SSSR count). The molecule has 0 aliphatic heterocycles. The van der Waals surface area contributed by atoms with E-state index in [1.54, 1.807) is 0 Å². The summed E-state index contributed by atoms with van der Waals surface area (Å²) in [5.74, 6) is 0. The van der Waals surface area contributed by atoms with Crippen molar-refractivity contribution in [2.75, 3.05) is 0 Å². The Morgan fingerprint density at radius 1 is 0.889 bits per heavy atom. The van der Waals surface area contributed by atoms with Crippen LogP contribution in [0.1, 0.15) is 37.0 Å². The van der Waals surface area contributed by atoms with E-state index in [-0.39, 0.29) is 5.41 Å². The van der Waals surface area contributed by atoms with Gasteiger partial charge in [-0.15, -0.1) is 0 Å². The molecule has 134 valence electrons. The van der Waals surface area contributed by atoms with Crippen LogP contribution in [0.25, 0.3) is 11.1 Å². The fourth-order valence-corrected chi connectivity index (χ4v) is 4.97. The van der Waals surface area contributed by atoms with Crippen molar-refractivity contribution < 1.29 is 0 Å². The van der Waals surface area contributed by atoms with Crippen molar-refractivity contribution in [3.8, 4) is 11.1 Å². The van der Waals surface area contributed by atoms with Crippen LogP contribution in [0.15, 0.2) is 96.6 Å². The summed E-state index contributed by atoms with van der Waals surface area (Å²) < 4.78 is 1.27. The quantitative estimate of drug-likeness (QED) is 0.278. The van der Waals surface area contributed by atoms with E-state index in [1.807, 2.05) is 0 Å². The molecule has 0 bridgehead atoms. The third kappa shape index (κ3) is 2.80. The van der Waals surface area contributed by atoms with Crippen LogP contribution in [-0.2, 0) is 5.41 Å². The molecular formula is C26H23I. The van der Waals surface area contributed by atoms with Gasteiger partial charge in [-0.25, -0.2) is 0 Å². The Morgan fingerprint density at radius 2 is 1.59 bits per heavy atom. The highest BCUT2D eigenvalue weighted by atomic mass is 127. The predicted octanol–water partition coefficient (Wildman–Crippen LogP) is 7.52. The van der Waals surface area contributed by atoms with Gasteiger partial charge >= 0.3 is 0 Å². The summed E-state index contributed by atoms with van der Waals surface area (Å²) in [6.45, 7) is 4.33. The molecule has 0 aromatic heterocycles. The second-order valence-corrected chi connectivity index (χ2v) is 8.16. The van der Waals surface area contributed by atoms with E-state index in [0.717, 1.165) is 6.42 Å². The van der Waals surface area contributed by atoms with E-state index >= 15 is 0 Å². The molecule has 0 fully saturated rings. The van der Waals surface area contributed by atoms with Gasteiger partial charge in [0, 0.05) is 3.57 Å². The number of hydrogen-bond donors (Lipinski definition) is 0. The second-order valence-electron chi connectivity index (χ2n) is 6.92. The van der Waals surface area contributed by atoms with Crippen molar-refractivity contribution in [1.29, 1.82) is 0 Å². The molecule has 0 saturated heterocycles. The highest BCUT2D eigenvalue weighted by Crippen LogP contribution is 2.56. The van der Waals surface area contributed by atoms with Gasteiger partial charge < -0.3 is 0 Å². The van der Waals surface area contributed by atoms with Crippen LogP contribution in [0, 0.1) is 3.57 Å². The lowest BCUT2D eigenvalue weighted by Gasteiger charge is -2.35. The van der Waals surface area contributed by atoms with Crippen LogP contribution in [-0.4, -0.2) is 0 Å². The Morgan fingerprint density at radius 3 is 2.33 bits per heavy atom. The van der Waals surface area contributed by atoms with Gasteiger partial charge in [-0.2, -0.15) is 0 Å². The lowest BCUT2D eigenvalue weighted by molar-refractivity contribution is 0.760. The molecule has 1 heteroatoms. The Labute approximate surface area is 175 Å². The van der Waals surface area contributed by atoms with Crippen LogP contribution in [0.4, 0.5) is 0 Å². The zero-order chi connectivity index (χ0) is 18.9. The topological polar surface area (TPSA) is 0 Å². The van der Waals surface area contributed by atoms with E-state index in [1.165, 1.54) is 37.0 Å². The first-order valence-electron chi connectivity index (χ1n) is 9.52. The monoisotopic (exact) mass is 462 g/mol. The Hall–Kier alpha value is -2.13. The fraction of sp³-hybridized carbons (Fsp3) is 0.154. The van der Waals surface area contributed by atoms with E-state index in [2.05, 4.69) is 127 Å². The third-order valence-corrected chi connectivity index (χ3v) is 6.09. The van der Waals surface area contributed by atoms with Gasteiger partial charge in [0.15, 0.2) is 0 Å². The highest BCUT2D eigenvalue weighted by Gasteiger charge is 2.46. The van der Waals surface area contributed by atoms with E-state index in [0.29, 0.717) is 0 Å². The zero-order valence-electron chi connectivity index (χ0n) is 15.7. The lowest BCUT2D eigenvalue weighted by Crippen LogP contribution is -2.29. The number of fused-ring (bicyclic) bond motifs is 3. The molecule has 0 radical (unpaired) electrons. The number of halogens is 1. The molecule has 0 spiro atoms. The van der Waals surface area contributed by atoms with Gasteiger partial charge in [0.1, 0.15) is 0 Å². The molecule has 1 unspecified atom stereocenters. The minimum Gasteiger partial charge on any atom is -0.0873 e. The maximum absolute atomic E-state index is 2.44. The molecule has 0 heterocycles. The second kappa shape index (κ2) is 7.47. The first-order valence-corrected chi connectivity index (χ1v) is 10.6. The van der Waals surface area contributed by atoms with Gasteiger partial charge in [-0.05, 0) is 81.5 Å². The third-order valence-electron chi connectivity index (χ3n) is 5.42. The van der Waals surface area contributed by atoms with Gasteiger partial charge in [0.25, 0.3) is 0 Å². The van der Waals surface area contributed by atoms with Crippen molar-refractivity contribution in [2.24, 2.45) is 0 Å². The average molecular weight is 462 g/mol. The van der Waals surface area contributed by atoms with Crippen molar-refractivity contribution in [1.82, 2.24) is 0 Å². The van der Waals surface area contributed by atoms with E-state index < -0.39 is 0 Å². The van der Waals surface area contributed by atoms with Crippen LogP contribution in [0.5, 0.6) is 0 Å². The van der Waals surface area contributed by atoms with Gasteiger partial charge in [-0.3, -0.25) is 0 Å². The molecule has 3 aromatic rings. The summed E-state index contributed by atoms with van der Waals surface area (Å²) in [6.07, 6.45) is 7.86. The van der Waals surface area contributed by atoms with Crippen molar-refractivity contribution in [3.05, 3.63) is 117 Å². The minimum absolute atomic E-state index is 0.267. The molecular weight excluding hydrogens is 439 g/mol. The van der Waals surface area contributed by atoms with Crippen molar-refractivity contribution in [2.45, 2.75) is 25.7 Å². The van der Waals surface area contributed by atoms with E-state index in [9.17, 15) is 0 Å². The van der Waals surface area contributed by atoms with Gasteiger partial charge in [0.05, 0.1) is 5.41 Å². The first-order chi connectivity index (χ1) is 13.2. The summed E-state index contributed by atoms with van der Waals surface area (Å²) >= 11 is 2.44. The van der Waals surface area contributed by atoms with Crippen LogP contribution < -0.4 is 0 Å². The SMILES string of the molecule is C/C=C\C(=C/CC)C1(c2ccccc2)c2ccccc2-c2ccc(I)cc21. The normalized spacial score (nSPS) is 18.6. The molecule has 0 N–H and O–H groups in total. The van der Waals surface area contributed by atoms with Crippen LogP contribution >= 0.6 is 22.6 Å². The van der Waals surface area contributed by atoms with Gasteiger partial charge in [-0.1, -0.05) is 85.8 Å². The summed E-state index contributed by atoms with van der Waals surface area (Å²) in [4.78, 5) is 0. The number of allylic oxidation sites excluding steroid dienone is 4. The van der Waals surface area contributed by atoms with E-state index in [4.69, 9.17) is 0 Å². The molecule has 0 saturated carbocycles. The zero-order valence-corrected chi connectivity index (χ0v) is 17.9. The number of hydrogen-bond acceptors (Lipinski definition) is 0. The van der Waals surface area contributed by atoms with Crippen molar-refractivity contribution >= 4 is 22.6 Å². The van der Waals surface area contributed by atoms with Crippen LogP contribution in [0.3, 0.4) is 0 Å². The maximum Gasteiger partial charge on any atom is 0.0710 e. The molecule has 1 aliphatic carbocycles. The Bertz CT molecular complexity index is 1030. The van der Waals surface area contributed by atoms with Crippen molar-refractivity contribution in [3.63, 3.8) is 0 Å². The largest absolute Gasteiger partial charge is 0.0873 e. The molecule has 0 amide bonds. The smallest absolute Gasteiger partial charge is 0.0710 e. The number of benzene rings is 3. The Kier molecular flexibility index (Phi) is 5.05. The average Bonchev–Trinajstić information content (AvgIpc) is 2.99. The lowest BCUT2D eigenvalue weighted by atomic mass is 9.67. The molecule has 0 nitrogen and oxygen atoms in total. The fourth-order valence-electron chi connectivity index (χ4n) is 4.47. The summed E-state index contributed by atoms with van der Waals surface area (Å²) in [5, 5.41) is 0. The first kappa shape index (κ1) is 18.2. The summed E-state index contributed by atoms with van der Waals surface area (Å²) in [6, 6.07) is 26.8. The maximum atomic E-state index is 2.44. The molecule has 1 aliphatic rings.